The van der Waals surface area contributed by atoms with Crippen LogP contribution in [-0.2, 0) is 6.42 Å². The van der Waals surface area contributed by atoms with Crippen molar-refractivity contribution in [2.45, 2.75) is 13.3 Å². The molecule has 0 aliphatic rings. The summed E-state index contributed by atoms with van der Waals surface area (Å²) in [6.07, 6.45) is 0.562. The first-order valence-electron chi connectivity index (χ1n) is 9.35. The molecule has 0 atom stereocenters. The molecule has 4 rings (SSSR count). The van der Waals surface area contributed by atoms with E-state index in [1.165, 1.54) is 0 Å². The van der Waals surface area contributed by atoms with Crippen molar-refractivity contribution in [3.8, 4) is 28.1 Å². The Hall–Kier alpha value is -3.18. The van der Waals surface area contributed by atoms with Crippen molar-refractivity contribution in [3.63, 3.8) is 0 Å². The van der Waals surface area contributed by atoms with Gasteiger partial charge < -0.3 is 5.11 Å². The minimum absolute atomic E-state index is 0.253. The van der Waals surface area contributed by atoms with Gasteiger partial charge in [0, 0.05) is 10.0 Å². The molecule has 0 bridgehead atoms. The lowest BCUT2D eigenvalue weighted by Gasteiger charge is -2.06. The van der Waals surface area contributed by atoms with Gasteiger partial charge in [0.15, 0.2) is 0 Å². The van der Waals surface area contributed by atoms with Crippen molar-refractivity contribution in [1.82, 2.24) is 9.78 Å². The maximum Gasteiger partial charge on any atom is 0.339 e. The molecule has 0 aliphatic carbocycles. The number of nitrogens with zero attached hydrogens (tertiary/aromatic N) is 2. The molecule has 144 valence electrons. The molecule has 5 heteroatoms. The second-order valence-corrected chi connectivity index (χ2v) is 7.58. The van der Waals surface area contributed by atoms with E-state index in [0.29, 0.717) is 17.8 Å². The third-order valence-corrected chi connectivity index (χ3v) is 5.40. The van der Waals surface area contributed by atoms with Gasteiger partial charge in [-0.15, -0.1) is 0 Å². The Morgan fingerprint density at radius 2 is 1.48 bits per heavy atom. The molecule has 1 heterocycles. The number of rotatable bonds is 5. The molecule has 0 fully saturated rings. The molecule has 3 aromatic carbocycles. The number of carbonyl (C=O) groups is 1. The summed E-state index contributed by atoms with van der Waals surface area (Å²) in [5.74, 6) is -0.965. The minimum Gasteiger partial charge on any atom is -0.478 e. The molecular formula is C24H19BrN2O2. The van der Waals surface area contributed by atoms with Crippen molar-refractivity contribution in [2.24, 2.45) is 0 Å². The van der Waals surface area contributed by atoms with E-state index < -0.39 is 5.97 Å². The summed E-state index contributed by atoms with van der Waals surface area (Å²) in [5.41, 5.74) is 5.23. The van der Waals surface area contributed by atoms with Crippen LogP contribution >= 0.6 is 15.9 Å². The van der Waals surface area contributed by atoms with E-state index in [2.05, 4.69) is 28.1 Å². The Morgan fingerprint density at radius 1 is 0.897 bits per heavy atom. The molecule has 0 amide bonds. The Morgan fingerprint density at radius 3 is 2.07 bits per heavy atom. The number of aromatic carboxylic acids is 1. The normalized spacial score (nSPS) is 10.8. The topological polar surface area (TPSA) is 55.1 Å². The monoisotopic (exact) mass is 446 g/mol. The highest BCUT2D eigenvalue weighted by Gasteiger charge is 2.24. The number of hydrogen-bond acceptors (Lipinski definition) is 2. The number of aromatic nitrogens is 2. The molecule has 29 heavy (non-hydrogen) atoms. The molecule has 4 aromatic rings. The maximum absolute atomic E-state index is 12.1. The molecule has 0 spiro atoms. The third kappa shape index (κ3) is 3.74. The van der Waals surface area contributed by atoms with Gasteiger partial charge in [-0.1, -0.05) is 77.5 Å². The van der Waals surface area contributed by atoms with Crippen LogP contribution in [0.15, 0.2) is 83.3 Å². The molecule has 0 aliphatic heterocycles. The van der Waals surface area contributed by atoms with E-state index in [9.17, 15) is 9.90 Å². The first-order valence-corrected chi connectivity index (χ1v) is 10.1. The summed E-state index contributed by atoms with van der Waals surface area (Å²) < 4.78 is 2.69. The average Bonchev–Trinajstić information content (AvgIpc) is 3.15. The Labute approximate surface area is 177 Å². The van der Waals surface area contributed by atoms with Gasteiger partial charge in [-0.3, -0.25) is 0 Å². The molecule has 4 nitrogen and oxygen atoms in total. The fraction of sp³-hybridized carbons (Fsp3) is 0.0833. The van der Waals surface area contributed by atoms with Crippen LogP contribution in [-0.4, -0.2) is 20.9 Å². The van der Waals surface area contributed by atoms with Crippen LogP contribution in [0.2, 0.25) is 0 Å². The first kappa shape index (κ1) is 19.2. The summed E-state index contributed by atoms with van der Waals surface area (Å²) >= 11 is 3.44. The highest BCUT2D eigenvalue weighted by atomic mass is 79.9. The largest absolute Gasteiger partial charge is 0.478 e. The number of halogens is 1. The lowest BCUT2D eigenvalue weighted by atomic mass is 10.0. The number of carboxylic acids is 1. The predicted octanol–water partition coefficient (Wildman–Crippen LogP) is 6.23. The van der Waals surface area contributed by atoms with Crippen LogP contribution in [0, 0.1) is 0 Å². The van der Waals surface area contributed by atoms with E-state index >= 15 is 0 Å². The van der Waals surface area contributed by atoms with E-state index in [1.807, 2.05) is 73.7 Å². The van der Waals surface area contributed by atoms with E-state index in [1.54, 1.807) is 4.68 Å². The zero-order valence-electron chi connectivity index (χ0n) is 15.8. The zero-order chi connectivity index (χ0) is 20.4. The van der Waals surface area contributed by atoms with Gasteiger partial charge in [0.2, 0.25) is 0 Å². The van der Waals surface area contributed by atoms with Crippen LogP contribution in [0.3, 0.4) is 0 Å². The molecule has 1 aromatic heterocycles. The summed E-state index contributed by atoms with van der Waals surface area (Å²) in [7, 11) is 0. The van der Waals surface area contributed by atoms with Gasteiger partial charge >= 0.3 is 5.97 Å². The fourth-order valence-corrected chi connectivity index (χ4v) is 3.72. The lowest BCUT2D eigenvalue weighted by Crippen LogP contribution is -2.05. The zero-order valence-corrected chi connectivity index (χ0v) is 17.4. The van der Waals surface area contributed by atoms with E-state index in [-0.39, 0.29) is 5.56 Å². The summed E-state index contributed by atoms with van der Waals surface area (Å²) in [5, 5.41) is 14.6. The molecule has 0 radical (unpaired) electrons. The average molecular weight is 447 g/mol. The molecule has 0 unspecified atom stereocenters. The quantitative estimate of drug-likeness (QED) is 0.395. The van der Waals surface area contributed by atoms with Gasteiger partial charge in [0.1, 0.15) is 11.3 Å². The van der Waals surface area contributed by atoms with Crippen LogP contribution in [0.4, 0.5) is 0 Å². The van der Waals surface area contributed by atoms with Crippen LogP contribution in [0.1, 0.15) is 23.0 Å². The van der Waals surface area contributed by atoms with Gasteiger partial charge in [0.05, 0.1) is 11.4 Å². The lowest BCUT2D eigenvalue weighted by molar-refractivity contribution is 0.0696. The van der Waals surface area contributed by atoms with E-state index in [4.69, 9.17) is 5.10 Å². The second kappa shape index (κ2) is 8.05. The second-order valence-electron chi connectivity index (χ2n) is 6.66. The van der Waals surface area contributed by atoms with Crippen molar-refractivity contribution < 1.29 is 9.90 Å². The van der Waals surface area contributed by atoms with Crippen molar-refractivity contribution >= 4 is 21.9 Å². The maximum atomic E-state index is 12.1. The van der Waals surface area contributed by atoms with E-state index in [0.717, 1.165) is 26.9 Å². The molecular weight excluding hydrogens is 428 g/mol. The fourth-order valence-electron chi connectivity index (χ4n) is 3.45. The van der Waals surface area contributed by atoms with Crippen molar-refractivity contribution in [3.05, 3.63) is 94.6 Å². The molecule has 0 saturated carbocycles. The molecule has 0 saturated heterocycles. The first-order chi connectivity index (χ1) is 14.1. The van der Waals surface area contributed by atoms with Gasteiger partial charge in [-0.25, -0.2) is 9.48 Å². The summed E-state index contributed by atoms with van der Waals surface area (Å²) in [4.78, 5) is 12.1. The van der Waals surface area contributed by atoms with Gasteiger partial charge in [0.25, 0.3) is 0 Å². The SMILES string of the molecule is CCc1c(C(=O)O)c(-c2ccc(-c3ccccc3)cc2)nn1-c1ccc(Br)cc1. The van der Waals surface area contributed by atoms with Gasteiger partial charge in [-0.05, 0) is 41.8 Å². The summed E-state index contributed by atoms with van der Waals surface area (Å²) in [6, 6.07) is 25.6. The number of carboxylic acid groups (broad SMARTS) is 1. The minimum atomic E-state index is -0.965. The van der Waals surface area contributed by atoms with Crippen molar-refractivity contribution in [2.75, 3.05) is 0 Å². The predicted molar refractivity (Wildman–Crippen MR) is 118 cm³/mol. The number of benzene rings is 3. The highest BCUT2D eigenvalue weighted by Crippen LogP contribution is 2.30. The Balaban J connectivity index is 1.83. The van der Waals surface area contributed by atoms with Gasteiger partial charge in [-0.2, -0.15) is 5.10 Å². The van der Waals surface area contributed by atoms with Crippen LogP contribution in [0.5, 0.6) is 0 Å². The van der Waals surface area contributed by atoms with Crippen LogP contribution < -0.4 is 0 Å². The third-order valence-electron chi connectivity index (χ3n) is 4.87. The Bertz CT molecular complexity index is 1150. The standard InChI is InChI=1S/C24H19BrN2O2/c1-2-21-22(24(28)29)23(26-27(21)20-14-12-19(25)13-15-20)18-10-8-17(9-11-18)16-6-4-3-5-7-16/h3-15H,2H2,1H3,(H,28,29). The summed E-state index contributed by atoms with van der Waals surface area (Å²) in [6.45, 7) is 1.95. The van der Waals surface area contributed by atoms with Crippen LogP contribution in [0.25, 0.3) is 28.1 Å². The van der Waals surface area contributed by atoms with Crippen molar-refractivity contribution in [1.29, 1.82) is 0 Å². The molecule has 1 N–H and O–H groups in total. The highest BCUT2D eigenvalue weighted by molar-refractivity contribution is 9.10. The Kier molecular flexibility index (Phi) is 5.32. The smallest absolute Gasteiger partial charge is 0.339 e. The number of hydrogen-bond donors (Lipinski definition) is 1.